The number of aromatic nitrogens is 1. The number of amides is 1. The summed E-state index contributed by atoms with van der Waals surface area (Å²) in [6.45, 7) is 1.86. The van der Waals surface area contributed by atoms with E-state index in [0.717, 1.165) is 17.0 Å². The fourth-order valence-electron chi connectivity index (χ4n) is 5.45. The Morgan fingerprint density at radius 3 is 2.36 bits per heavy atom. The summed E-state index contributed by atoms with van der Waals surface area (Å²) >= 11 is 0. The zero-order valence-corrected chi connectivity index (χ0v) is 22.4. The van der Waals surface area contributed by atoms with Crippen molar-refractivity contribution in [1.82, 2.24) is 10.3 Å². The average molecular weight is 526 g/mol. The monoisotopic (exact) mass is 525 g/mol. The van der Waals surface area contributed by atoms with Gasteiger partial charge in [-0.1, -0.05) is 18.2 Å². The van der Waals surface area contributed by atoms with Crippen LogP contribution in [0.15, 0.2) is 89.4 Å². The van der Waals surface area contributed by atoms with Gasteiger partial charge in [0.2, 0.25) is 0 Å². The summed E-state index contributed by atoms with van der Waals surface area (Å²) in [5.41, 5.74) is 4.24. The Morgan fingerprint density at radius 2 is 1.69 bits per heavy atom. The van der Waals surface area contributed by atoms with Crippen LogP contribution in [0, 0.1) is 0 Å². The first-order valence-electron chi connectivity index (χ1n) is 12.8. The highest BCUT2D eigenvalue weighted by atomic mass is 16.5. The summed E-state index contributed by atoms with van der Waals surface area (Å²) in [6, 6.07) is 18.6. The van der Waals surface area contributed by atoms with Gasteiger partial charge in [-0.2, -0.15) is 0 Å². The van der Waals surface area contributed by atoms with Crippen LogP contribution < -0.4 is 24.8 Å². The number of Topliss-reactive ketones (excluding diaryl/α,β-unsaturated/α-hetero) is 1. The van der Waals surface area contributed by atoms with Crippen molar-refractivity contribution >= 4 is 17.5 Å². The van der Waals surface area contributed by atoms with Gasteiger partial charge in [-0.25, -0.2) is 4.98 Å². The lowest BCUT2D eigenvalue weighted by molar-refractivity contribution is -0.116. The summed E-state index contributed by atoms with van der Waals surface area (Å²) in [6.07, 6.45) is 2.57. The second-order valence-electron chi connectivity index (χ2n) is 9.57. The largest absolute Gasteiger partial charge is 0.497 e. The van der Waals surface area contributed by atoms with Crippen LogP contribution in [0.3, 0.4) is 0 Å². The van der Waals surface area contributed by atoms with E-state index < -0.39 is 5.92 Å². The van der Waals surface area contributed by atoms with E-state index >= 15 is 0 Å². The quantitative estimate of drug-likeness (QED) is 0.442. The Balaban J connectivity index is 1.60. The van der Waals surface area contributed by atoms with Crippen LogP contribution in [-0.2, 0) is 9.59 Å². The van der Waals surface area contributed by atoms with Crippen molar-refractivity contribution in [3.05, 3.63) is 101 Å². The molecule has 2 aliphatic rings. The number of pyridine rings is 1. The fraction of sp³-hybridized carbons (Fsp3) is 0.258. The molecule has 0 bridgehead atoms. The minimum Gasteiger partial charge on any atom is -0.497 e. The Labute approximate surface area is 227 Å². The van der Waals surface area contributed by atoms with Crippen molar-refractivity contribution in [3.8, 4) is 17.2 Å². The SMILES string of the molecule is COc1ccc(C2CC(=O)C3=C(C2)NC(C)=C(C(=O)Nc2ccccn2)C3c2cc(OC)ccc2OC)cc1. The van der Waals surface area contributed by atoms with Crippen molar-refractivity contribution in [3.63, 3.8) is 0 Å². The van der Waals surface area contributed by atoms with E-state index in [1.165, 1.54) is 0 Å². The molecule has 8 nitrogen and oxygen atoms in total. The van der Waals surface area contributed by atoms with E-state index in [9.17, 15) is 9.59 Å². The van der Waals surface area contributed by atoms with Gasteiger partial charge in [0.1, 0.15) is 23.1 Å². The molecule has 3 aromatic rings. The first-order chi connectivity index (χ1) is 18.9. The number of hydrogen-bond acceptors (Lipinski definition) is 7. The molecule has 39 heavy (non-hydrogen) atoms. The third-order valence-corrected chi connectivity index (χ3v) is 7.31. The highest BCUT2D eigenvalue weighted by Gasteiger charge is 2.42. The number of dihydropyridines is 1. The molecule has 2 unspecified atom stereocenters. The lowest BCUT2D eigenvalue weighted by Crippen LogP contribution is -2.37. The minimum atomic E-state index is -0.653. The van der Waals surface area contributed by atoms with Gasteiger partial charge in [-0.05, 0) is 67.3 Å². The molecule has 5 rings (SSSR count). The molecule has 200 valence electrons. The van der Waals surface area contributed by atoms with Gasteiger partial charge in [0.15, 0.2) is 5.78 Å². The first kappa shape index (κ1) is 26.0. The second kappa shape index (κ2) is 11.0. The van der Waals surface area contributed by atoms with E-state index in [1.54, 1.807) is 57.9 Å². The maximum atomic E-state index is 13.9. The van der Waals surface area contributed by atoms with Crippen LogP contribution in [-0.4, -0.2) is 38.0 Å². The zero-order valence-electron chi connectivity index (χ0n) is 22.4. The number of anilines is 1. The highest BCUT2D eigenvalue weighted by molar-refractivity contribution is 6.09. The van der Waals surface area contributed by atoms with Gasteiger partial charge in [0, 0.05) is 40.7 Å². The van der Waals surface area contributed by atoms with Crippen LogP contribution in [0.5, 0.6) is 17.2 Å². The molecule has 0 saturated heterocycles. The Kier molecular flexibility index (Phi) is 7.36. The van der Waals surface area contributed by atoms with Crippen molar-refractivity contribution in [2.45, 2.75) is 31.6 Å². The first-order valence-corrected chi connectivity index (χ1v) is 12.8. The molecule has 1 amide bonds. The molecular weight excluding hydrogens is 494 g/mol. The molecule has 2 aromatic carbocycles. The number of carbonyl (C=O) groups excluding carboxylic acids is 2. The molecule has 8 heteroatoms. The van der Waals surface area contributed by atoms with Crippen LogP contribution in [0.25, 0.3) is 0 Å². The number of ether oxygens (including phenoxy) is 3. The standard InChI is InChI=1S/C31H31N3O5/c1-18-28(31(36)34-27-7-5-6-14-32-27)29(23-17-22(38-3)12-13-26(23)39-4)30-24(33-18)15-20(16-25(30)35)19-8-10-21(37-2)11-9-19/h5-14,17,20,29,33H,15-16H2,1-4H3,(H,32,34,36). The van der Waals surface area contributed by atoms with Gasteiger partial charge in [-0.15, -0.1) is 0 Å². The topological polar surface area (TPSA) is 98.8 Å². The number of methoxy groups -OCH3 is 3. The van der Waals surface area contributed by atoms with Gasteiger partial charge in [0.25, 0.3) is 5.91 Å². The number of carbonyl (C=O) groups is 2. The lowest BCUT2D eigenvalue weighted by atomic mass is 9.71. The normalized spacial score (nSPS) is 18.7. The highest BCUT2D eigenvalue weighted by Crippen LogP contribution is 2.48. The molecule has 0 fully saturated rings. The average Bonchev–Trinajstić information content (AvgIpc) is 2.96. The van der Waals surface area contributed by atoms with E-state index in [2.05, 4.69) is 15.6 Å². The summed E-state index contributed by atoms with van der Waals surface area (Å²) in [4.78, 5) is 32.0. The summed E-state index contributed by atoms with van der Waals surface area (Å²) in [5.74, 6) is 1.35. The third kappa shape index (κ3) is 5.10. The number of nitrogens with one attached hydrogen (secondary N) is 2. The van der Waals surface area contributed by atoms with Gasteiger partial charge >= 0.3 is 0 Å². The van der Waals surface area contributed by atoms with E-state index in [4.69, 9.17) is 14.2 Å². The molecule has 1 aliphatic heterocycles. The van der Waals surface area contributed by atoms with Crippen molar-refractivity contribution in [2.75, 3.05) is 26.6 Å². The molecule has 0 spiro atoms. The van der Waals surface area contributed by atoms with Gasteiger partial charge < -0.3 is 24.8 Å². The number of benzene rings is 2. The zero-order chi connectivity index (χ0) is 27.5. The Bertz CT molecular complexity index is 1460. The molecule has 1 aliphatic carbocycles. The lowest BCUT2D eigenvalue weighted by Gasteiger charge is -2.37. The number of nitrogens with zero attached hydrogens (tertiary/aromatic N) is 1. The number of ketones is 1. The van der Waals surface area contributed by atoms with E-state index in [-0.39, 0.29) is 17.6 Å². The molecule has 2 heterocycles. The Morgan fingerprint density at radius 1 is 0.949 bits per heavy atom. The molecule has 1 aromatic heterocycles. The maximum absolute atomic E-state index is 13.9. The van der Waals surface area contributed by atoms with Crippen molar-refractivity contribution < 1.29 is 23.8 Å². The van der Waals surface area contributed by atoms with E-state index in [1.807, 2.05) is 37.3 Å². The summed E-state index contributed by atoms with van der Waals surface area (Å²) in [5, 5.41) is 6.31. The molecular formula is C31H31N3O5. The second-order valence-corrected chi connectivity index (χ2v) is 9.57. The van der Waals surface area contributed by atoms with Crippen LogP contribution in [0.1, 0.15) is 42.7 Å². The molecule has 0 radical (unpaired) electrons. The number of hydrogen-bond donors (Lipinski definition) is 2. The summed E-state index contributed by atoms with van der Waals surface area (Å²) in [7, 11) is 4.79. The van der Waals surface area contributed by atoms with E-state index in [0.29, 0.717) is 52.6 Å². The smallest absolute Gasteiger partial charge is 0.255 e. The maximum Gasteiger partial charge on any atom is 0.255 e. The van der Waals surface area contributed by atoms with Crippen LogP contribution in [0.4, 0.5) is 5.82 Å². The number of rotatable bonds is 7. The predicted octanol–water partition coefficient (Wildman–Crippen LogP) is 5.11. The van der Waals surface area contributed by atoms with Crippen LogP contribution in [0.2, 0.25) is 0 Å². The number of allylic oxidation sites excluding steroid dienone is 3. The predicted molar refractivity (Wildman–Crippen MR) is 148 cm³/mol. The fourth-order valence-corrected chi connectivity index (χ4v) is 5.45. The van der Waals surface area contributed by atoms with Gasteiger partial charge in [-0.3, -0.25) is 9.59 Å². The molecule has 0 saturated carbocycles. The summed E-state index contributed by atoms with van der Waals surface area (Å²) < 4.78 is 16.5. The minimum absolute atomic E-state index is 0.000735. The van der Waals surface area contributed by atoms with Crippen molar-refractivity contribution in [2.24, 2.45) is 0 Å². The van der Waals surface area contributed by atoms with Crippen molar-refractivity contribution in [1.29, 1.82) is 0 Å². The molecule has 2 N–H and O–H groups in total. The van der Waals surface area contributed by atoms with Crippen LogP contribution >= 0.6 is 0 Å². The molecule has 2 atom stereocenters. The van der Waals surface area contributed by atoms with Gasteiger partial charge in [0.05, 0.1) is 27.2 Å². The third-order valence-electron chi connectivity index (χ3n) is 7.31. The Hall–Kier alpha value is -4.59.